The van der Waals surface area contributed by atoms with Crippen LogP contribution in [-0.2, 0) is 11.8 Å². The summed E-state index contributed by atoms with van der Waals surface area (Å²) < 4.78 is 7.70. The number of ketones is 1. The first-order chi connectivity index (χ1) is 8.44. The molecule has 1 saturated heterocycles. The van der Waals surface area contributed by atoms with Gasteiger partial charge in [-0.05, 0) is 29.8 Å². The van der Waals surface area contributed by atoms with E-state index in [0.29, 0.717) is 18.9 Å². The molecule has 1 aliphatic heterocycles. The molecule has 1 aromatic heterocycles. The molecule has 1 aliphatic rings. The van der Waals surface area contributed by atoms with Gasteiger partial charge in [-0.15, -0.1) is 0 Å². The van der Waals surface area contributed by atoms with Crippen LogP contribution in [0.15, 0.2) is 10.7 Å². The lowest BCUT2D eigenvalue weighted by molar-refractivity contribution is -0.00465. The highest BCUT2D eigenvalue weighted by atomic mass is 79.9. The Balaban J connectivity index is 2.26. The van der Waals surface area contributed by atoms with Crippen LogP contribution >= 0.6 is 15.9 Å². The van der Waals surface area contributed by atoms with Crippen molar-refractivity contribution in [1.82, 2.24) is 14.7 Å². The van der Waals surface area contributed by atoms with E-state index in [0.717, 1.165) is 17.6 Å². The van der Waals surface area contributed by atoms with Gasteiger partial charge in [0.1, 0.15) is 5.69 Å². The van der Waals surface area contributed by atoms with Gasteiger partial charge in [0.25, 0.3) is 0 Å². The minimum absolute atomic E-state index is 0.0799. The van der Waals surface area contributed by atoms with E-state index in [2.05, 4.69) is 25.9 Å². The largest absolute Gasteiger partial charge is 0.379 e. The highest BCUT2D eigenvalue weighted by molar-refractivity contribution is 9.10. The molecule has 0 atom stereocenters. The topological polar surface area (TPSA) is 47.4 Å². The van der Waals surface area contributed by atoms with Crippen molar-refractivity contribution < 1.29 is 9.53 Å². The fourth-order valence-corrected chi connectivity index (χ4v) is 2.75. The molecule has 18 heavy (non-hydrogen) atoms. The average Bonchev–Trinajstić information content (AvgIpc) is 2.69. The first-order valence-corrected chi connectivity index (χ1v) is 6.79. The second-order valence-corrected chi connectivity index (χ2v) is 5.81. The highest BCUT2D eigenvalue weighted by Gasteiger charge is 2.38. The summed E-state index contributed by atoms with van der Waals surface area (Å²) in [5.74, 6) is 0.0799. The molecular formula is C12H18BrN3O2. The van der Waals surface area contributed by atoms with Gasteiger partial charge in [0, 0.05) is 20.1 Å². The molecule has 0 amide bonds. The monoisotopic (exact) mass is 315 g/mol. The third kappa shape index (κ3) is 2.37. The molecule has 0 N–H and O–H groups in total. The quantitative estimate of drug-likeness (QED) is 0.793. The van der Waals surface area contributed by atoms with Crippen LogP contribution in [0, 0.1) is 0 Å². The molecule has 1 fully saturated rings. The summed E-state index contributed by atoms with van der Waals surface area (Å²) >= 11 is 3.39. The number of rotatable bonds is 3. The van der Waals surface area contributed by atoms with Crippen molar-refractivity contribution in [3.8, 4) is 0 Å². The zero-order valence-corrected chi connectivity index (χ0v) is 12.5. The third-order valence-electron chi connectivity index (χ3n) is 3.47. The summed E-state index contributed by atoms with van der Waals surface area (Å²) in [4.78, 5) is 14.9. The minimum Gasteiger partial charge on any atom is -0.379 e. The Bertz CT molecular complexity index is 431. The van der Waals surface area contributed by atoms with Gasteiger partial charge in [-0.1, -0.05) is 0 Å². The van der Waals surface area contributed by atoms with Crippen molar-refractivity contribution in [2.45, 2.75) is 19.4 Å². The Hall–Kier alpha value is -0.720. The van der Waals surface area contributed by atoms with Gasteiger partial charge in [-0.3, -0.25) is 14.4 Å². The van der Waals surface area contributed by atoms with E-state index < -0.39 is 5.54 Å². The molecule has 100 valence electrons. The van der Waals surface area contributed by atoms with E-state index in [1.54, 1.807) is 17.9 Å². The smallest absolute Gasteiger partial charge is 0.201 e. The summed E-state index contributed by atoms with van der Waals surface area (Å²) in [7, 11) is 1.79. The zero-order valence-electron chi connectivity index (χ0n) is 10.9. The van der Waals surface area contributed by atoms with Crippen LogP contribution in [0.5, 0.6) is 0 Å². The number of morpholine rings is 1. The Morgan fingerprint density at radius 2 is 2.06 bits per heavy atom. The van der Waals surface area contributed by atoms with E-state index in [9.17, 15) is 4.79 Å². The summed E-state index contributed by atoms with van der Waals surface area (Å²) in [5, 5.41) is 4.10. The molecule has 0 unspecified atom stereocenters. The van der Waals surface area contributed by atoms with Crippen molar-refractivity contribution >= 4 is 21.7 Å². The van der Waals surface area contributed by atoms with E-state index in [4.69, 9.17) is 4.74 Å². The van der Waals surface area contributed by atoms with Crippen molar-refractivity contribution in [3.63, 3.8) is 0 Å². The fourth-order valence-electron chi connectivity index (χ4n) is 2.22. The van der Waals surface area contributed by atoms with Crippen molar-refractivity contribution in [2.24, 2.45) is 7.05 Å². The molecule has 2 rings (SSSR count). The number of ether oxygens (including phenoxy) is 1. The van der Waals surface area contributed by atoms with Crippen LogP contribution in [0.4, 0.5) is 0 Å². The Kier molecular flexibility index (Phi) is 3.89. The predicted molar refractivity (Wildman–Crippen MR) is 71.7 cm³/mol. The zero-order chi connectivity index (χ0) is 13.3. The summed E-state index contributed by atoms with van der Waals surface area (Å²) in [6, 6.07) is 0. The first-order valence-electron chi connectivity index (χ1n) is 5.99. The number of Topliss-reactive ketones (excluding diaryl/α,β-unsaturated/α-hetero) is 1. The van der Waals surface area contributed by atoms with Crippen molar-refractivity contribution in [2.75, 3.05) is 26.3 Å². The molecule has 0 radical (unpaired) electrons. The van der Waals surface area contributed by atoms with Crippen LogP contribution in [-0.4, -0.2) is 52.3 Å². The summed E-state index contributed by atoms with van der Waals surface area (Å²) in [5.41, 5.74) is 0.0755. The first kappa shape index (κ1) is 13.7. The lowest BCUT2D eigenvalue weighted by atomic mass is 9.93. The molecule has 0 spiro atoms. The Morgan fingerprint density at radius 3 is 2.56 bits per heavy atom. The average molecular weight is 316 g/mol. The number of carbonyl (C=O) groups is 1. The van der Waals surface area contributed by atoms with Crippen molar-refractivity contribution in [1.29, 1.82) is 0 Å². The highest BCUT2D eigenvalue weighted by Crippen LogP contribution is 2.25. The number of halogens is 1. The lowest BCUT2D eigenvalue weighted by Gasteiger charge is -2.39. The maximum atomic E-state index is 12.7. The number of aromatic nitrogens is 2. The Morgan fingerprint density at radius 1 is 1.44 bits per heavy atom. The third-order valence-corrected chi connectivity index (χ3v) is 4.05. The fraction of sp³-hybridized carbons (Fsp3) is 0.667. The second-order valence-electron chi connectivity index (χ2n) is 4.95. The predicted octanol–water partition coefficient (Wildman–Crippen LogP) is 1.48. The van der Waals surface area contributed by atoms with E-state index >= 15 is 0 Å². The SMILES string of the molecule is Cn1ncc(Br)c1C(=O)C(C)(C)N1CCOCC1. The molecule has 0 bridgehead atoms. The second kappa shape index (κ2) is 5.11. The maximum absolute atomic E-state index is 12.7. The molecule has 0 aromatic carbocycles. The van der Waals surface area contributed by atoms with Gasteiger partial charge < -0.3 is 4.74 Å². The van der Waals surface area contributed by atoms with E-state index in [-0.39, 0.29) is 5.78 Å². The summed E-state index contributed by atoms with van der Waals surface area (Å²) in [6.45, 7) is 6.86. The Labute approximate surface area is 115 Å². The van der Waals surface area contributed by atoms with Crippen molar-refractivity contribution in [3.05, 3.63) is 16.4 Å². The molecule has 0 aliphatic carbocycles. The lowest BCUT2D eigenvalue weighted by Crippen LogP contribution is -2.54. The van der Waals surface area contributed by atoms with Crippen LogP contribution in [0.2, 0.25) is 0 Å². The van der Waals surface area contributed by atoms with Gasteiger partial charge in [-0.2, -0.15) is 5.10 Å². The number of carbonyl (C=O) groups excluding carboxylic acids is 1. The molecule has 1 aromatic rings. The minimum atomic E-state index is -0.542. The van der Waals surface area contributed by atoms with Crippen LogP contribution in [0.25, 0.3) is 0 Å². The van der Waals surface area contributed by atoms with E-state index in [1.807, 2.05) is 13.8 Å². The van der Waals surface area contributed by atoms with Gasteiger partial charge in [-0.25, -0.2) is 0 Å². The van der Waals surface area contributed by atoms with Crippen LogP contribution < -0.4 is 0 Å². The van der Waals surface area contributed by atoms with Crippen LogP contribution in [0.1, 0.15) is 24.3 Å². The number of hydrogen-bond acceptors (Lipinski definition) is 4. The van der Waals surface area contributed by atoms with Gasteiger partial charge in [0.05, 0.1) is 29.4 Å². The van der Waals surface area contributed by atoms with Gasteiger partial charge in [0.2, 0.25) is 5.78 Å². The molecule has 2 heterocycles. The van der Waals surface area contributed by atoms with E-state index in [1.165, 1.54) is 0 Å². The molecule has 6 heteroatoms. The summed E-state index contributed by atoms with van der Waals surface area (Å²) in [6.07, 6.45) is 1.66. The van der Waals surface area contributed by atoms with Gasteiger partial charge >= 0.3 is 0 Å². The number of hydrogen-bond donors (Lipinski definition) is 0. The number of nitrogens with zero attached hydrogens (tertiary/aromatic N) is 3. The molecule has 5 nitrogen and oxygen atoms in total. The molecular weight excluding hydrogens is 298 g/mol. The number of aryl methyl sites for hydroxylation is 1. The van der Waals surface area contributed by atoms with Crippen LogP contribution in [0.3, 0.4) is 0 Å². The van der Waals surface area contributed by atoms with Gasteiger partial charge in [0.15, 0.2) is 0 Å². The molecule has 0 saturated carbocycles. The normalized spacial score (nSPS) is 18.0. The standard InChI is InChI=1S/C12H18BrN3O2/c1-12(2,16-4-6-18-7-5-16)11(17)10-9(13)8-14-15(10)3/h8H,4-7H2,1-3H3. The maximum Gasteiger partial charge on any atom is 0.201 e.